The van der Waals surface area contributed by atoms with Crippen LogP contribution in [0.3, 0.4) is 0 Å². The summed E-state index contributed by atoms with van der Waals surface area (Å²) in [7, 11) is 0. The van der Waals surface area contributed by atoms with Gasteiger partial charge in [0.1, 0.15) is 0 Å². The van der Waals surface area contributed by atoms with E-state index in [1.54, 1.807) is 53.0 Å². The molecule has 2 aromatic carbocycles. The van der Waals surface area contributed by atoms with Crippen LogP contribution in [0.1, 0.15) is 27.6 Å². The average molecular weight is 435 g/mol. The van der Waals surface area contributed by atoms with E-state index in [-0.39, 0.29) is 18.2 Å². The molecule has 0 atom stereocenters. The molecular formula is C22H19ClN6O2. The molecule has 2 amide bonds. The van der Waals surface area contributed by atoms with Gasteiger partial charge in [0.05, 0.1) is 17.7 Å². The number of fused-ring (bicyclic) bond motifs is 1. The van der Waals surface area contributed by atoms with Gasteiger partial charge in [-0.15, -0.1) is 5.10 Å². The van der Waals surface area contributed by atoms with E-state index in [2.05, 4.69) is 25.7 Å². The minimum atomic E-state index is -0.348. The number of para-hydroxylation sites is 1. The zero-order valence-electron chi connectivity index (χ0n) is 16.9. The van der Waals surface area contributed by atoms with Crippen molar-refractivity contribution in [3.8, 4) is 0 Å². The number of hydrogen-bond donors (Lipinski definition) is 2. The first kappa shape index (κ1) is 20.5. The van der Waals surface area contributed by atoms with Crippen molar-refractivity contribution in [3.63, 3.8) is 0 Å². The second-order valence-corrected chi connectivity index (χ2v) is 7.45. The molecule has 2 aromatic heterocycles. The Labute approximate surface area is 183 Å². The van der Waals surface area contributed by atoms with Gasteiger partial charge in [0.25, 0.3) is 11.7 Å². The Bertz CT molecular complexity index is 1280. The van der Waals surface area contributed by atoms with E-state index < -0.39 is 0 Å². The van der Waals surface area contributed by atoms with Crippen molar-refractivity contribution in [2.24, 2.45) is 0 Å². The molecule has 4 aromatic rings. The van der Waals surface area contributed by atoms with Crippen molar-refractivity contribution >= 4 is 40.6 Å². The largest absolute Gasteiger partial charge is 0.325 e. The Morgan fingerprint density at radius 3 is 2.52 bits per heavy atom. The molecule has 0 unspecified atom stereocenters. The number of nitrogens with one attached hydrogen (secondary N) is 2. The van der Waals surface area contributed by atoms with Gasteiger partial charge >= 0.3 is 0 Å². The van der Waals surface area contributed by atoms with Crippen LogP contribution in [0.25, 0.3) is 5.78 Å². The average Bonchev–Trinajstić information content (AvgIpc) is 3.12. The summed E-state index contributed by atoms with van der Waals surface area (Å²) in [6, 6.07) is 15.4. The number of nitrogens with zero attached hydrogens (tertiary/aromatic N) is 4. The number of halogens is 1. The zero-order chi connectivity index (χ0) is 22.0. The number of carbonyl (C=O) groups is 2. The number of aromatic nitrogens is 4. The van der Waals surface area contributed by atoms with Crippen LogP contribution in [-0.4, -0.2) is 31.4 Å². The van der Waals surface area contributed by atoms with E-state index in [0.29, 0.717) is 33.6 Å². The molecule has 0 radical (unpaired) electrons. The summed E-state index contributed by atoms with van der Waals surface area (Å²) in [4.78, 5) is 34.0. The highest BCUT2D eigenvalue weighted by Crippen LogP contribution is 2.19. The van der Waals surface area contributed by atoms with Crippen molar-refractivity contribution in [1.29, 1.82) is 0 Å². The molecule has 0 saturated carbocycles. The van der Waals surface area contributed by atoms with Crippen molar-refractivity contribution in [2.45, 2.75) is 20.3 Å². The molecule has 0 aliphatic carbocycles. The molecule has 9 heteroatoms. The highest BCUT2D eigenvalue weighted by atomic mass is 35.5. The van der Waals surface area contributed by atoms with E-state index in [4.69, 9.17) is 11.6 Å². The van der Waals surface area contributed by atoms with Crippen LogP contribution < -0.4 is 10.6 Å². The van der Waals surface area contributed by atoms with Crippen LogP contribution in [0, 0.1) is 13.8 Å². The lowest BCUT2D eigenvalue weighted by atomic mass is 10.1. The molecule has 156 valence electrons. The van der Waals surface area contributed by atoms with Gasteiger partial charge in [-0.25, -0.2) is 9.50 Å². The van der Waals surface area contributed by atoms with E-state index in [1.807, 2.05) is 19.9 Å². The van der Waals surface area contributed by atoms with Gasteiger partial charge in [-0.3, -0.25) is 9.59 Å². The monoisotopic (exact) mass is 434 g/mol. The second kappa shape index (κ2) is 8.53. The quantitative estimate of drug-likeness (QED) is 0.497. The lowest BCUT2D eigenvalue weighted by Crippen LogP contribution is -2.19. The molecule has 2 N–H and O–H groups in total. The smallest absolute Gasteiger partial charge is 0.257 e. The van der Waals surface area contributed by atoms with E-state index in [0.717, 1.165) is 11.4 Å². The molecule has 0 aliphatic rings. The third kappa shape index (κ3) is 4.70. The lowest BCUT2D eigenvalue weighted by molar-refractivity contribution is -0.115. The molecule has 0 bridgehead atoms. The van der Waals surface area contributed by atoms with Crippen molar-refractivity contribution in [1.82, 2.24) is 19.6 Å². The molecular weight excluding hydrogens is 416 g/mol. The number of rotatable bonds is 5. The maximum atomic E-state index is 12.7. The third-order valence-corrected chi connectivity index (χ3v) is 4.78. The maximum Gasteiger partial charge on any atom is 0.257 e. The summed E-state index contributed by atoms with van der Waals surface area (Å²) in [5.74, 6) is 0.112. The second-order valence-electron chi connectivity index (χ2n) is 7.01. The minimum Gasteiger partial charge on any atom is -0.325 e. The predicted octanol–water partition coefficient (Wildman–Crippen LogP) is 3.83. The van der Waals surface area contributed by atoms with Crippen LogP contribution >= 0.6 is 11.6 Å². The summed E-state index contributed by atoms with van der Waals surface area (Å²) in [6.07, 6.45) is -0.0466. The third-order valence-electron chi connectivity index (χ3n) is 4.53. The summed E-state index contributed by atoms with van der Waals surface area (Å²) >= 11 is 5.88. The van der Waals surface area contributed by atoms with Gasteiger partial charge in [0.2, 0.25) is 5.91 Å². The predicted molar refractivity (Wildman–Crippen MR) is 118 cm³/mol. The number of benzene rings is 2. The van der Waals surface area contributed by atoms with Gasteiger partial charge in [0, 0.05) is 22.1 Å². The van der Waals surface area contributed by atoms with Crippen molar-refractivity contribution in [2.75, 3.05) is 10.6 Å². The normalized spacial score (nSPS) is 10.8. The highest BCUT2D eigenvalue weighted by Gasteiger charge is 2.16. The van der Waals surface area contributed by atoms with Gasteiger partial charge in [0.15, 0.2) is 5.82 Å². The Morgan fingerprint density at radius 1 is 1.00 bits per heavy atom. The molecule has 0 aliphatic heterocycles. The molecule has 0 saturated heterocycles. The summed E-state index contributed by atoms with van der Waals surface area (Å²) < 4.78 is 1.60. The van der Waals surface area contributed by atoms with Crippen LogP contribution in [0.4, 0.5) is 11.4 Å². The summed E-state index contributed by atoms with van der Waals surface area (Å²) in [6.45, 7) is 3.77. The molecule has 0 fully saturated rings. The fourth-order valence-electron chi connectivity index (χ4n) is 3.14. The van der Waals surface area contributed by atoms with Crippen LogP contribution in [0.15, 0.2) is 54.6 Å². The minimum absolute atomic E-state index is 0.0466. The van der Waals surface area contributed by atoms with Crippen LogP contribution in [0.5, 0.6) is 0 Å². The number of amides is 2. The Balaban J connectivity index is 1.49. The van der Waals surface area contributed by atoms with Gasteiger partial charge in [-0.2, -0.15) is 4.98 Å². The van der Waals surface area contributed by atoms with Gasteiger partial charge in [-0.05, 0) is 56.3 Å². The standard InChI is InChI=1S/C22H19ClN6O2/c1-13-11-14(2)29-22(24-13)27-19(28-29)12-20(30)26-18-6-4-3-5-17(18)21(31)25-16-9-7-15(23)8-10-16/h3-11H,12H2,1-2H3,(H,25,31)(H,26,30). The lowest BCUT2D eigenvalue weighted by Gasteiger charge is -2.11. The van der Waals surface area contributed by atoms with Crippen molar-refractivity contribution in [3.05, 3.63) is 82.4 Å². The molecule has 2 heterocycles. The van der Waals surface area contributed by atoms with Gasteiger partial charge < -0.3 is 10.6 Å². The van der Waals surface area contributed by atoms with E-state index in [9.17, 15) is 9.59 Å². The van der Waals surface area contributed by atoms with Crippen molar-refractivity contribution < 1.29 is 9.59 Å². The molecule has 8 nitrogen and oxygen atoms in total. The number of hydrogen-bond acceptors (Lipinski definition) is 5. The van der Waals surface area contributed by atoms with E-state index >= 15 is 0 Å². The Kier molecular flexibility index (Phi) is 5.64. The fraction of sp³-hybridized carbons (Fsp3) is 0.136. The molecule has 31 heavy (non-hydrogen) atoms. The fourth-order valence-corrected chi connectivity index (χ4v) is 3.27. The SMILES string of the molecule is Cc1cc(C)n2nc(CC(=O)Nc3ccccc3C(=O)Nc3ccc(Cl)cc3)nc2n1. The molecule has 0 spiro atoms. The number of aryl methyl sites for hydroxylation is 2. The molecule has 4 rings (SSSR count). The first-order valence-corrected chi connectivity index (χ1v) is 9.92. The van der Waals surface area contributed by atoms with Gasteiger partial charge in [-0.1, -0.05) is 23.7 Å². The first-order chi connectivity index (χ1) is 14.9. The highest BCUT2D eigenvalue weighted by molar-refractivity contribution is 6.30. The zero-order valence-corrected chi connectivity index (χ0v) is 17.6. The first-order valence-electron chi connectivity index (χ1n) is 9.55. The summed E-state index contributed by atoms with van der Waals surface area (Å²) in [5.41, 5.74) is 3.04. The Morgan fingerprint density at radius 2 is 1.74 bits per heavy atom. The van der Waals surface area contributed by atoms with E-state index in [1.165, 1.54) is 0 Å². The van der Waals surface area contributed by atoms with Crippen LogP contribution in [-0.2, 0) is 11.2 Å². The Hall–Kier alpha value is -3.78. The van der Waals surface area contributed by atoms with Crippen LogP contribution in [0.2, 0.25) is 5.02 Å². The number of anilines is 2. The number of carbonyl (C=O) groups excluding carboxylic acids is 2. The summed E-state index contributed by atoms with van der Waals surface area (Å²) in [5, 5.41) is 10.5. The topological polar surface area (TPSA) is 101 Å². The maximum absolute atomic E-state index is 12.7.